The molecule has 98 valence electrons. The highest BCUT2D eigenvalue weighted by Crippen LogP contribution is 2.13. The third kappa shape index (κ3) is 3.44. The second-order valence-corrected chi connectivity index (χ2v) is 4.88. The maximum atomic E-state index is 11.9. The lowest BCUT2D eigenvalue weighted by molar-refractivity contribution is 0.0943. The number of nitrogens with one attached hydrogen (secondary N) is 1. The zero-order valence-electron chi connectivity index (χ0n) is 10.5. The number of carbonyl (C=O) groups excluding carboxylic acids is 1. The van der Waals surface area contributed by atoms with Gasteiger partial charge in [0.25, 0.3) is 5.91 Å². The standard InChI is InChI=1S/C13H14N4OS/c1-17-9-15-7-12(17)13(18)16-6-11-5-10(8-19-11)3-2-4-14/h5,7-9H,4,6,14H2,1H3,(H,16,18). The molecule has 0 atom stereocenters. The van der Waals surface area contributed by atoms with E-state index in [0.29, 0.717) is 18.8 Å². The number of hydrogen-bond donors (Lipinski definition) is 2. The van der Waals surface area contributed by atoms with Gasteiger partial charge in [-0.2, -0.15) is 0 Å². The molecule has 0 saturated heterocycles. The van der Waals surface area contributed by atoms with E-state index in [1.54, 1.807) is 35.5 Å². The van der Waals surface area contributed by atoms with Gasteiger partial charge in [0.2, 0.25) is 0 Å². The fourth-order valence-electron chi connectivity index (χ4n) is 1.53. The molecule has 19 heavy (non-hydrogen) atoms. The summed E-state index contributed by atoms with van der Waals surface area (Å²) in [6.45, 7) is 0.835. The Labute approximate surface area is 115 Å². The van der Waals surface area contributed by atoms with Crippen LogP contribution in [0.2, 0.25) is 0 Å². The van der Waals surface area contributed by atoms with Gasteiger partial charge in [-0.05, 0) is 6.07 Å². The van der Waals surface area contributed by atoms with Crippen molar-refractivity contribution in [2.45, 2.75) is 6.54 Å². The lowest BCUT2D eigenvalue weighted by Gasteiger charge is -2.03. The summed E-state index contributed by atoms with van der Waals surface area (Å²) in [5.74, 6) is 5.62. The molecule has 0 spiro atoms. The van der Waals surface area contributed by atoms with Crippen LogP contribution in [0.4, 0.5) is 0 Å². The number of hydrogen-bond acceptors (Lipinski definition) is 4. The largest absolute Gasteiger partial charge is 0.346 e. The van der Waals surface area contributed by atoms with E-state index in [4.69, 9.17) is 5.73 Å². The minimum Gasteiger partial charge on any atom is -0.346 e. The Balaban J connectivity index is 1.94. The van der Waals surface area contributed by atoms with Crippen molar-refractivity contribution in [2.24, 2.45) is 12.8 Å². The highest BCUT2D eigenvalue weighted by Gasteiger charge is 2.09. The Morgan fingerprint density at radius 1 is 1.63 bits per heavy atom. The van der Waals surface area contributed by atoms with E-state index in [2.05, 4.69) is 22.1 Å². The number of rotatable bonds is 3. The third-order valence-corrected chi connectivity index (χ3v) is 3.40. The summed E-state index contributed by atoms with van der Waals surface area (Å²) in [5, 5.41) is 4.80. The van der Waals surface area contributed by atoms with Crippen LogP contribution in [-0.4, -0.2) is 22.0 Å². The van der Waals surface area contributed by atoms with E-state index >= 15 is 0 Å². The van der Waals surface area contributed by atoms with E-state index in [1.807, 2.05) is 11.4 Å². The first kappa shape index (κ1) is 13.3. The number of amides is 1. The average molecular weight is 274 g/mol. The molecule has 2 rings (SSSR count). The monoisotopic (exact) mass is 274 g/mol. The van der Waals surface area contributed by atoms with E-state index in [1.165, 1.54) is 0 Å². The van der Waals surface area contributed by atoms with Crippen LogP contribution in [0.5, 0.6) is 0 Å². The molecule has 0 aromatic carbocycles. The summed E-state index contributed by atoms with van der Waals surface area (Å²) in [6.07, 6.45) is 3.14. The van der Waals surface area contributed by atoms with E-state index in [-0.39, 0.29) is 5.91 Å². The Morgan fingerprint density at radius 3 is 3.16 bits per heavy atom. The molecule has 2 aromatic rings. The molecule has 0 unspecified atom stereocenters. The normalized spacial score (nSPS) is 9.79. The zero-order valence-corrected chi connectivity index (χ0v) is 11.3. The van der Waals surface area contributed by atoms with Crippen LogP contribution in [0.3, 0.4) is 0 Å². The minimum atomic E-state index is -0.136. The number of imidazole rings is 1. The Kier molecular flexibility index (Phi) is 4.34. The van der Waals surface area contributed by atoms with Crippen molar-refractivity contribution < 1.29 is 4.79 Å². The maximum absolute atomic E-state index is 11.9. The van der Waals surface area contributed by atoms with E-state index < -0.39 is 0 Å². The van der Waals surface area contributed by atoms with Crippen molar-refractivity contribution in [3.63, 3.8) is 0 Å². The summed E-state index contributed by atoms with van der Waals surface area (Å²) >= 11 is 1.56. The lowest BCUT2D eigenvalue weighted by Crippen LogP contribution is -2.24. The maximum Gasteiger partial charge on any atom is 0.269 e. The minimum absolute atomic E-state index is 0.136. The molecule has 6 heteroatoms. The molecule has 2 aromatic heterocycles. The van der Waals surface area contributed by atoms with Crippen molar-refractivity contribution in [3.8, 4) is 11.8 Å². The van der Waals surface area contributed by atoms with Crippen LogP contribution < -0.4 is 11.1 Å². The van der Waals surface area contributed by atoms with Crippen LogP contribution in [0, 0.1) is 11.8 Å². The van der Waals surface area contributed by atoms with Crippen LogP contribution in [0.25, 0.3) is 0 Å². The first-order valence-corrected chi connectivity index (χ1v) is 6.59. The predicted molar refractivity (Wildman–Crippen MR) is 74.6 cm³/mol. The van der Waals surface area contributed by atoms with Gasteiger partial charge in [-0.25, -0.2) is 4.98 Å². The van der Waals surface area contributed by atoms with Gasteiger partial charge in [0.05, 0.1) is 25.6 Å². The number of nitrogens with zero attached hydrogens (tertiary/aromatic N) is 2. The average Bonchev–Trinajstić information content (AvgIpc) is 3.02. The second-order valence-electron chi connectivity index (χ2n) is 3.88. The van der Waals surface area contributed by atoms with Crippen LogP contribution in [0.1, 0.15) is 20.9 Å². The van der Waals surface area contributed by atoms with Crippen molar-refractivity contribution >= 4 is 17.2 Å². The van der Waals surface area contributed by atoms with Crippen LogP contribution >= 0.6 is 11.3 Å². The molecule has 0 saturated carbocycles. The van der Waals surface area contributed by atoms with Crippen molar-refractivity contribution in [3.05, 3.63) is 40.1 Å². The molecule has 0 radical (unpaired) electrons. The fourth-order valence-corrected chi connectivity index (χ4v) is 2.28. The first-order chi connectivity index (χ1) is 9.20. The highest BCUT2D eigenvalue weighted by atomic mass is 32.1. The molecule has 1 amide bonds. The molecule has 0 aliphatic carbocycles. The van der Waals surface area contributed by atoms with Crippen LogP contribution in [0.15, 0.2) is 24.0 Å². The first-order valence-electron chi connectivity index (χ1n) is 5.71. The highest BCUT2D eigenvalue weighted by molar-refractivity contribution is 7.10. The summed E-state index contributed by atoms with van der Waals surface area (Å²) in [6, 6.07) is 1.96. The zero-order chi connectivity index (χ0) is 13.7. The van der Waals surface area contributed by atoms with Gasteiger partial charge in [-0.1, -0.05) is 11.8 Å². The lowest BCUT2D eigenvalue weighted by atomic mass is 10.3. The molecule has 0 aliphatic rings. The van der Waals surface area contributed by atoms with Crippen molar-refractivity contribution in [1.82, 2.24) is 14.9 Å². The van der Waals surface area contributed by atoms with Gasteiger partial charge in [0, 0.05) is 22.9 Å². The summed E-state index contributed by atoms with van der Waals surface area (Å²) < 4.78 is 1.68. The third-order valence-electron chi connectivity index (χ3n) is 2.46. The summed E-state index contributed by atoms with van der Waals surface area (Å²) in [5.41, 5.74) is 6.79. The fraction of sp³-hybridized carbons (Fsp3) is 0.231. The van der Waals surface area contributed by atoms with Gasteiger partial charge in [-0.15, -0.1) is 11.3 Å². The number of thiophene rings is 1. The van der Waals surface area contributed by atoms with Gasteiger partial charge < -0.3 is 15.6 Å². The van der Waals surface area contributed by atoms with Crippen LogP contribution in [-0.2, 0) is 13.6 Å². The van der Waals surface area contributed by atoms with Gasteiger partial charge in [0.1, 0.15) is 5.69 Å². The molecular formula is C13H14N4OS. The molecule has 0 aliphatic heterocycles. The number of aryl methyl sites for hydroxylation is 1. The van der Waals surface area contributed by atoms with Crippen molar-refractivity contribution in [1.29, 1.82) is 0 Å². The molecule has 0 fully saturated rings. The van der Waals surface area contributed by atoms with Gasteiger partial charge in [-0.3, -0.25) is 4.79 Å². The number of nitrogens with two attached hydrogens (primary N) is 1. The Bertz CT molecular complexity index is 632. The second kappa shape index (κ2) is 6.18. The quantitative estimate of drug-likeness (QED) is 0.810. The molecular weight excluding hydrogens is 260 g/mol. The SMILES string of the molecule is Cn1cncc1C(=O)NCc1cc(C#CCN)cs1. The van der Waals surface area contributed by atoms with Gasteiger partial charge in [0.15, 0.2) is 0 Å². The topological polar surface area (TPSA) is 72.9 Å². The van der Waals surface area contributed by atoms with E-state index in [9.17, 15) is 4.79 Å². The Morgan fingerprint density at radius 2 is 2.47 bits per heavy atom. The number of carbonyl (C=O) groups is 1. The molecule has 0 bridgehead atoms. The summed E-state index contributed by atoms with van der Waals surface area (Å²) in [4.78, 5) is 16.8. The molecule has 2 heterocycles. The van der Waals surface area contributed by atoms with Gasteiger partial charge >= 0.3 is 0 Å². The van der Waals surface area contributed by atoms with E-state index in [0.717, 1.165) is 10.4 Å². The molecule has 5 nitrogen and oxygen atoms in total. The smallest absolute Gasteiger partial charge is 0.269 e. The summed E-state index contributed by atoms with van der Waals surface area (Å²) in [7, 11) is 1.79. The van der Waals surface area contributed by atoms with Crippen molar-refractivity contribution in [2.75, 3.05) is 6.54 Å². The Hall–Kier alpha value is -2.10. The predicted octanol–water partition coefficient (Wildman–Crippen LogP) is 0.722. The molecule has 3 N–H and O–H groups in total. The number of aromatic nitrogens is 2.